The van der Waals surface area contributed by atoms with Crippen LogP contribution in [0.1, 0.15) is 30.9 Å². The van der Waals surface area contributed by atoms with Crippen molar-refractivity contribution >= 4 is 5.97 Å². The van der Waals surface area contributed by atoms with Crippen LogP contribution in [0.3, 0.4) is 0 Å². The third-order valence-corrected chi connectivity index (χ3v) is 3.87. The lowest BCUT2D eigenvalue weighted by Crippen LogP contribution is -2.39. The molecule has 1 saturated heterocycles. The van der Waals surface area contributed by atoms with Gasteiger partial charge in [0.15, 0.2) is 0 Å². The molecule has 0 amide bonds. The number of hydrogen-bond donors (Lipinski definition) is 2. The molecule has 2 N–H and O–H groups in total. The fraction of sp³-hybridized carbons (Fsp3) is 0.500. The number of aliphatic carboxylic acids is 1. The molecular weight excluding hydrogens is 214 g/mol. The van der Waals surface area contributed by atoms with Crippen molar-refractivity contribution in [2.75, 3.05) is 6.54 Å². The van der Waals surface area contributed by atoms with Crippen molar-refractivity contribution in [1.82, 2.24) is 5.32 Å². The number of carboxylic acids is 1. The van der Waals surface area contributed by atoms with E-state index in [0.29, 0.717) is 0 Å². The molecule has 1 heterocycles. The number of carboxylic acid groups (broad SMARTS) is 1. The van der Waals surface area contributed by atoms with E-state index in [-0.39, 0.29) is 17.9 Å². The van der Waals surface area contributed by atoms with E-state index in [2.05, 4.69) is 43.4 Å². The molecule has 1 aliphatic rings. The summed E-state index contributed by atoms with van der Waals surface area (Å²) in [4.78, 5) is 10.9. The Morgan fingerprint density at radius 1 is 1.47 bits per heavy atom. The van der Waals surface area contributed by atoms with E-state index in [1.807, 2.05) is 0 Å². The van der Waals surface area contributed by atoms with Crippen molar-refractivity contribution in [2.24, 2.45) is 5.92 Å². The smallest absolute Gasteiger partial charge is 0.303 e. The minimum Gasteiger partial charge on any atom is -0.481 e. The summed E-state index contributed by atoms with van der Waals surface area (Å²) in [5.41, 5.74) is 2.21. The number of aryl methyl sites for hydroxylation is 1. The zero-order chi connectivity index (χ0) is 12.5. The highest BCUT2D eigenvalue weighted by molar-refractivity contribution is 5.67. The maximum absolute atomic E-state index is 10.9. The summed E-state index contributed by atoms with van der Waals surface area (Å²) >= 11 is 0. The summed E-state index contributed by atoms with van der Waals surface area (Å²) in [5, 5.41) is 12.4. The second-order valence-electron chi connectivity index (χ2n) is 5.08. The van der Waals surface area contributed by atoms with Gasteiger partial charge in [0.1, 0.15) is 0 Å². The highest BCUT2D eigenvalue weighted by atomic mass is 16.4. The van der Waals surface area contributed by atoms with Gasteiger partial charge in [-0.25, -0.2) is 0 Å². The van der Waals surface area contributed by atoms with Crippen LogP contribution in [0, 0.1) is 12.8 Å². The average Bonchev–Trinajstić information content (AvgIpc) is 2.61. The first kappa shape index (κ1) is 12.1. The number of benzene rings is 1. The van der Waals surface area contributed by atoms with Crippen LogP contribution in [-0.4, -0.2) is 17.6 Å². The van der Waals surface area contributed by atoms with Gasteiger partial charge in [-0.05, 0) is 38.3 Å². The maximum Gasteiger partial charge on any atom is 0.303 e. The predicted octanol–water partition coefficient (Wildman–Crippen LogP) is 2.29. The number of rotatable bonds is 3. The van der Waals surface area contributed by atoms with Gasteiger partial charge in [0, 0.05) is 5.54 Å². The molecule has 1 aliphatic heterocycles. The van der Waals surface area contributed by atoms with E-state index in [1.165, 1.54) is 11.1 Å². The van der Waals surface area contributed by atoms with Crippen LogP contribution in [0.4, 0.5) is 0 Å². The molecule has 0 radical (unpaired) electrons. The molecule has 0 saturated carbocycles. The van der Waals surface area contributed by atoms with E-state index in [0.717, 1.165) is 13.0 Å². The lowest BCUT2D eigenvalue weighted by Gasteiger charge is -2.31. The molecule has 0 spiro atoms. The third kappa shape index (κ3) is 2.34. The zero-order valence-electron chi connectivity index (χ0n) is 10.4. The molecule has 2 unspecified atom stereocenters. The normalized spacial score (nSPS) is 28.2. The Hall–Kier alpha value is -1.35. The van der Waals surface area contributed by atoms with E-state index < -0.39 is 5.97 Å². The second-order valence-corrected chi connectivity index (χ2v) is 5.08. The molecule has 1 fully saturated rings. The molecule has 3 nitrogen and oxygen atoms in total. The van der Waals surface area contributed by atoms with Gasteiger partial charge in [0.25, 0.3) is 0 Å². The highest BCUT2D eigenvalue weighted by Crippen LogP contribution is 2.38. The summed E-state index contributed by atoms with van der Waals surface area (Å²) < 4.78 is 0. The van der Waals surface area contributed by atoms with E-state index in [4.69, 9.17) is 5.11 Å². The third-order valence-electron chi connectivity index (χ3n) is 3.87. The van der Waals surface area contributed by atoms with Gasteiger partial charge in [-0.3, -0.25) is 4.79 Å². The Morgan fingerprint density at radius 3 is 2.71 bits per heavy atom. The van der Waals surface area contributed by atoms with E-state index in [1.54, 1.807) is 0 Å². The molecule has 0 aliphatic carbocycles. The summed E-state index contributed by atoms with van der Waals surface area (Å²) in [5.74, 6) is -0.542. The van der Waals surface area contributed by atoms with Crippen molar-refractivity contribution in [3.05, 3.63) is 35.4 Å². The molecule has 92 valence electrons. The SMILES string of the molecule is Cc1ccc(C2(C)NCCC2CC(=O)O)cc1. The lowest BCUT2D eigenvalue weighted by atomic mass is 9.79. The first-order valence-electron chi connectivity index (χ1n) is 6.06. The van der Waals surface area contributed by atoms with Crippen LogP contribution in [0.25, 0.3) is 0 Å². The summed E-state index contributed by atoms with van der Waals surface area (Å²) in [6, 6.07) is 8.36. The van der Waals surface area contributed by atoms with E-state index >= 15 is 0 Å². The Kier molecular flexibility index (Phi) is 3.20. The molecule has 1 aromatic carbocycles. The van der Waals surface area contributed by atoms with Crippen LogP contribution < -0.4 is 5.32 Å². The van der Waals surface area contributed by atoms with Gasteiger partial charge in [-0.2, -0.15) is 0 Å². The molecule has 0 bridgehead atoms. The van der Waals surface area contributed by atoms with Crippen molar-refractivity contribution < 1.29 is 9.90 Å². The summed E-state index contributed by atoms with van der Waals surface area (Å²) in [7, 11) is 0. The van der Waals surface area contributed by atoms with Gasteiger partial charge < -0.3 is 10.4 Å². The molecule has 0 aromatic heterocycles. The molecule has 17 heavy (non-hydrogen) atoms. The van der Waals surface area contributed by atoms with Gasteiger partial charge in [0.2, 0.25) is 0 Å². The fourth-order valence-electron chi connectivity index (χ4n) is 2.69. The van der Waals surface area contributed by atoms with Gasteiger partial charge in [0.05, 0.1) is 6.42 Å². The number of hydrogen-bond acceptors (Lipinski definition) is 2. The van der Waals surface area contributed by atoms with Gasteiger partial charge >= 0.3 is 5.97 Å². The van der Waals surface area contributed by atoms with Gasteiger partial charge in [-0.1, -0.05) is 29.8 Å². The highest BCUT2D eigenvalue weighted by Gasteiger charge is 2.40. The van der Waals surface area contributed by atoms with Crippen LogP contribution in [0.5, 0.6) is 0 Å². The average molecular weight is 233 g/mol. The number of carbonyl (C=O) groups is 1. The van der Waals surface area contributed by atoms with Crippen LogP contribution in [-0.2, 0) is 10.3 Å². The van der Waals surface area contributed by atoms with Crippen LogP contribution in [0.2, 0.25) is 0 Å². The molecular formula is C14H19NO2. The lowest BCUT2D eigenvalue weighted by molar-refractivity contribution is -0.138. The van der Waals surface area contributed by atoms with Crippen molar-refractivity contribution in [1.29, 1.82) is 0 Å². The Morgan fingerprint density at radius 2 is 2.12 bits per heavy atom. The second kappa shape index (κ2) is 4.49. The first-order valence-corrected chi connectivity index (χ1v) is 6.06. The standard InChI is InChI=1S/C14H19NO2/c1-10-3-5-11(6-4-10)14(2)12(7-8-15-14)9-13(16)17/h3-6,12,15H,7-9H2,1-2H3,(H,16,17). The summed E-state index contributed by atoms with van der Waals surface area (Å²) in [6.45, 7) is 5.06. The quantitative estimate of drug-likeness (QED) is 0.842. The van der Waals surface area contributed by atoms with Crippen LogP contribution >= 0.6 is 0 Å². The molecule has 2 rings (SSSR count). The Bertz CT molecular complexity index is 413. The minimum absolute atomic E-state index is 0.169. The molecule has 3 heteroatoms. The van der Waals surface area contributed by atoms with Crippen LogP contribution in [0.15, 0.2) is 24.3 Å². The summed E-state index contributed by atoms with van der Waals surface area (Å²) in [6.07, 6.45) is 1.16. The number of nitrogens with one attached hydrogen (secondary N) is 1. The van der Waals surface area contributed by atoms with Crippen molar-refractivity contribution in [3.8, 4) is 0 Å². The van der Waals surface area contributed by atoms with E-state index in [9.17, 15) is 4.79 Å². The molecule has 1 aromatic rings. The monoisotopic (exact) mass is 233 g/mol. The van der Waals surface area contributed by atoms with Gasteiger partial charge in [-0.15, -0.1) is 0 Å². The topological polar surface area (TPSA) is 49.3 Å². The van der Waals surface area contributed by atoms with Crippen molar-refractivity contribution in [3.63, 3.8) is 0 Å². The minimum atomic E-state index is -0.711. The Labute approximate surface area is 102 Å². The molecule has 2 atom stereocenters. The maximum atomic E-state index is 10.9. The fourth-order valence-corrected chi connectivity index (χ4v) is 2.69. The first-order chi connectivity index (χ1) is 8.02. The Balaban J connectivity index is 2.27. The predicted molar refractivity (Wildman–Crippen MR) is 66.9 cm³/mol. The largest absolute Gasteiger partial charge is 0.481 e. The van der Waals surface area contributed by atoms with Crippen molar-refractivity contribution in [2.45, 2.75) is 32.2 Å². The zero-order valence-corrected chi connectivity index (χ0v) is 10.4.